The zero-order chi connectivity index (χ0) is 27.9. The molecule has 0 amide bonds. The summed E-state index contributed by atoms with van der Waals surface area (Å²) in [5, 5.41) is 8.21. The van der Waals surface area contributed by atoms with Crippen LogP contribution in [0.1, 0.15) is 87.5 Å². The Balaban J connectivity index is 0.000000236. The van der Waals surface area contributed by atoms with Gasteiger partial charge < -0.3 is 14.3 Å². The monoisotopic (exact) mass is 559 g/mol. The number of nitrogens with one attached hydrogen (secondary N) is 1. The van der Waals surface area contributed by atoms with Crippen LogP contribution in [-0.4, -0.2) is 41.2 Å². The van der Waals surface area contributed by atoms with Crippen molar-refractivity contribution in [2.45, 2.75) is 84.1 Å². The van der Waals surface area contributed by atoms with E-state index in [1.54, 1.807) is 6.29 Å². The number of fused-ring (bicyclic) bond motifs is 2. The van der Waals surface area contributed by atoms with E-state index in [0.717, 1.165) is 46.7 Å². The predicted molar refractivity (Wildman–Crippen MR) is 153 cm³/mol. The van der Waals surface area contributed by atoms with E-state index in [9.17, 15) is 4.79 Å². The molecule has 206 valence electrons. The number of hydrogen-bond acceptors (Lipinski definition) is 7. The van der Waals surface area contributed by atoms with Gasteiger partial charge in [-0.15, -0.1) is 0 Å². The molecule has 41 heavy (non-hydrogen) atoms. The van der Waals surface area contributed by atoms with Crippen molar-refractivity contribution in [3.05, 3.63) is 65.2 Å². The summed E-state index contributed by atoms with van der Waals surface area (Å²) in [6.07, 6.45) is 13.8. The molecule has 0 saturated heterocycles. The summed E-state index contributed by atoms with van der Waals surface area (Å²) in [5.74, 6) is 1.42. The molecule has 1 saturated carbocycles. The van der Waals surface area contributed by atoms with Gasteiger partial charge in [0, 0.05) is 28.9 Å². The smallest absolute Gasteiger partial charge is 0.532 e. The van der Waals surface area contributed by atoms with Crippen LogP contribution in [-0.2, 0) is 23.1 Å². The maximum Gasteiger partial charge on any atom is 1.00 e. The van der Waals surface area contributed by atoms with Crippen LogP contribution in [0.4, 0.5) is 0 Å². The average molecular weight is 560 g/mol. The Bertz CT molecular complexity index is 1680. The maximum atomic E-state index is 10.0. The molecule has 0 atom stereocenters. The molecule has 4 heterocycles. The number of rotatable bonds is 5. The van der Waals surface area contributed by atoms with Gasteiger partial charge in [-0.2, -0.15) is 11.4 Å². The molecular weight excluding hydrogens is 525 g/mol. The predicted octanol–water partition coefficient (Wildman–Crippen LogP) is 3.23. The van der Waals surface area contributed by atoms with Gasteiger partial charge in [-0.25, -0.2) is 15.0 Å². The number of nitrogens with zero attached hydrogens (tertiary/aromatic N) is 6. The standard InChI is InChI=1S/C24H27N5.C7H7N2O2.Na/c1-15(2)29-16(3)21(14-26-29)23-27-22-20(11-12-25-24(22)28-23)19-10-9-17-7-5-4-6-8-18(17)13-19;1-7(2-3-7)6-8-5(4-10)11-9-6;/h9-15H,4-8H2,1-3H3,(H,25,27,28);2-3H2,1H3;/q;-1;+1. The second-order valence-corrected chi connectivity index (χ2v) is 11.5. The number of aromatic amines is 1. The Morgan fingerprint density at radius 2 is 1.83 bits per heavy atom. The van der Waals surface area contributed by atoms with Gasteiger partial charge in [0.1, 0.15) is 11.7 Å². The van der Waals surface area contributed by atoms with Crippen molar-refractivity contribution in [2.24, 2.45) is 0 Å². The zero-order valence-electron chi connectivity index (χ0n) is 24.5. The van der Waals surface area contributed by atoms with E-state index in [2.05, 4.69) is 74.8 Å². The molecule has 4 aromatic heterocycles. The molecule has 2 aliphatic rings. The van der Waals surface area contributed by atoms with E-state index < -0.39 is 0 Å². The molecule has 1 aromatic carbocycles. The molecule has 0 radical (unpaired) electrons. The third-order valence-electron chi connectivity index (χ3n) is 8.14. The van der Waals surface area contributed by atoms with Crippen molar-refractivity contribution >= 4 is 17.5 Å². The first-order valence-electron chi connectivity index (χ1n) is 14.1. The van der Waals surface area contributed by atoms with E-state index >= 15 is 0 Å². The van der Waals surface area contributed by atoms with Crippen LogP contribution in [0.3, 0.4) is 0 Å². The number of H-pyrrole nitrogens is 1. The van der Waals surface area contributed by atoms with Gasteiger partial charge in [0.15, 0.2) is 11.5 Å². The number of pyridine rings is 1. The van der Waals surface area contributed by atoms with Crippen LogP contribution >= 0.6 is 0 Å². The number of imidazole rings is 1. The quantitative estimate of drug-likeness (QED) is 0.200. The zero-order valence-corrected chi connectivity index (χ0v) is 26.5. The summed E-state index contributed by atoms with van der Waals surface area (Å²) in [4.78, 5) is 26.7. The normalized spacial score (nSPS) is 15.4. The Labute approximate surface area is 261 Å². The van der Waals surface area contributed by atoms with Gasteiger partial charge >= 0.3 is 29.6 Å². The average Bonchev–Trinajstić information content (AvgIpc) is 3.27. The van der Waals surface area contributed by atoms with Gasteiger partial charge in [0.05, 0.1) is 17.3 Å². The van der Waals surface area contributed by atoms with E-state index in [1.807, 2.05) is 24.0 Å². The van der Waals surface area contributed by atoms with E-state index in [4.69, 9.17) is 4.98 Å². The number of carbonyl (C=O) groups excluding carboxylic acids is 1. The van der Waals surface area contributed by atoms with Crippen LogP contribution in [0, 0.1) is 6.92 Å². The molecule has 0 unspecified atom stereocenters. The molecule has 9 nitrogen and oxygen atoms in total. The fourth-order valence-electron chi connectivity index (χ4n) is 5.45. The Kier molecular flexibility index (Phi) is 8.59. The van der Waals surface area contributed by atoms with E-state index in [-0.39, 0.29) is 40.9 Å². The van der Waals surface area contributed by atoms with Crippen LogP contribution in [0.25, 0.3) is 33.7 Å². The number of aryl methyl sites for hydroxylation is 2. The summed E-state index contributed by atoms with van der Waals surface area (Å²) in [6.45, 7) is 8.42. The minimum atomic E-state index is -0.0480. The minimum absolute atomic E-state index is 0. The van der Waals surface area contributed by atoms with Crippen molar-refractivity contribution < 1.29 is 38.9 Å². The number of benzene rings is 1. The summed E-state index contributed by atoms with van der Waals surface area (Å²) >= 11 is 0. The first-order chi connectivity index (χ1) is 19.4. The van der Waals surface area contributed by atoms with Crippen molar-refractivity contribution in [1.82, 2.24) is 34.9 Å². The Hall–Kier alpha value is -3.14. The SMILES string of the molecule is CC1(c2noc([C-]=O)n2)CC1.Cc1c(-c2nc3nccc(-c4ccc5c(c4)CCCCC5)c3[nH]2)cnn1C(C)C.[Na+]. The third kappa shape index (κ3) is 5.94. The first-order valence-corrected chi connectivity index (χ1v) is 14.1. The fourth-order valence-corrected chi connectivity index (χ4v) is 5.45. The fraction of sp³-hybridized carbons (Fsp3) is 0.419. The van der Waals surface area contributed by atoms with E-state index in [0.29, 0.717) is 11.9 Å². The molecule has 10 heteroatoms. The second-order valence-electron chi connectivity index (χ2n) is 11.5. The van der Waals surface area contributed by atoms with Crippen LogP contribution in [0.2, 0.25) is 0 Å². The van der Waals surface area contributed by atoms with Crippen molar-refractivity contribution in [3.8, 4) is 22.5 Å². The molecular formula is C31H34N7NaO2. The molecule has 7 rings (SSSR count). The number of aromatic nitrogens is 7. The first kappa shape index (κ1) is 29.4. The Morgan fingerprint density at radius 1 is 1.05 bits per heavy atom. The molecule has 5 aromatic rings. The summed E-state index contributed by atoms with van der Waals surface area (Å²) < 4.78 is 6.63. The van der Waals surface area contributed by atoms with Crippen molar-refractivity contribution in [2.75, 3.05) is 0 Å². The third-order valence-corrected chi connectivity index (χ3v) is 8.14. The molecule has 1 N–H and O–H groups in total. The van der Waals surface area contributed by atoms with Gasteiger partial charge in [0.2, 0.25) is 0 Å². The number of hydrogen-bond donors (Lipinski definition) is 1. The maximum absolute atomic E-state index is 10.0. The largest absolute Gasteiger partial charge is 1.00 e. The summed E-state index contributed by atoms with van der Waals surface area (Å²) in [6, 6.07) is 9.35. The van der Waals surface area contributed by atoms with Crippen molar-refractivity contribution in [3.63, 3.8) is 0 Å². The van der Waals surface area contributed by atoms with Crippen LogP contribution < -0.4 is 29.6 Å². The molecule has 1 fully saturated rings. The molecule has 0 spiro atoms. The Morgan fingerprint density at radius 3 is 2.51 bits per heavy atom. The topological polar surface area (TPSA) is 115 Å². The van der Waals surface area contributed by atoms with Crippen LogP contribution in [0.5, 0.6) is 0 Å². The second kappa shape index (κ2) is 12.0. The van der Waals surface area contributed by atoms with Gasteiger partial charge in [-0.1, -0.05) is 36.7 Å². The molecule has 0 bridgehead atoms. The summed E-state index contributed by atoms with van der Waals surface area (Å²) in [5.41, 5.74) is 9.38. The molecule has 2 aliphatic carbocycles. The van der Waals surface area contributed by atoms with Gasteiger partial charge in [-0.05, 0) is 82.1 Å². The van der Waals surface area contributed by atoms with Crippen molar-refractivity contribution in [1.29, 1.82) is 0 Å². The minimum Gasteiger partial charge on any atom is -0.532 e. The summed E-state index contributed by atoms with van der Waals surface area (Å²) in [7, 11) is 0. The van der Waals surface area contributed by atoms with Gasteiger partial charge in [0.25, 0.3) is 0 Å². The van der Waals surface area contributed by atoms with E-state index in [1.165, 1.54) is 48.8 Å². The van der Waals surface area contributed by atoms with Crippen LogP contribution in [0.15, 0.2) is 41.2 Å². The molecule has 0 aliphatic heterocycles. The van der Waals surface area contributed by atoms with Gasteiger partial charge in [-0.3, -0.25) is 4.68 Å².